The Hall–Kier alpha value is -0.890. The third-order valence-electron chi connectivity index (χ3n) is 2.65. The fourth-order valence-corrected chi connectivity index (χ4v) is 4.17. The standard InChI is InChI=1S/C12H13BrN2O2S2/c1-8-11(13)3-2-4-12(8)15-19(16,17)10-5-9(6-14)18-7-10/h2-5,7,15H,6,14H2,1H3. The maximum absolute atomic E-state index is 12.2. The average molecular weight is 361 g/mol. The Morgan fingerprint density at radius 1 is 1.42 bits per heavy atom. The second-order valence-corrected chi connectivity index (χ2v) is 7.50. The van der Waals surface area contributed by atoms with Crippen molar-refractivity contribution in [1.29, 1.82) is 0 Å². The first-order chi connectivity index (χ1) is 8.94. The second kappa shape index (κ2) is 5.62. The summed E-state index contributed by atoms with van der Waals surface area (Å²) >= 11 is 4.72. The maximum Gasteiger partial charge on any atom is 0.262 e. The lowest BCUT2D eigenvalue weighted by molar-refractivity contribution is 0.601. The molecule has 0 bridgehead atoms. The summed E-state index contributed by atoms with van der Waals surface area (Å²) in [4.78, 5) is 1.09. The van der Waals surface area contributed by atoms with Crippen molar-refractivity contribution in [3.63, 3.8) is 0 Å². The molecule has 2 rings (SSSR count). The highest BCUT2D eigenvalue weighted by atomic mass is 79.9. The van der Waals surface area contributed by atoms with Gasteiger partial charge in [-0.05, 0) is 30.7 Å². The molecule has 0 spiro atoms. The summed E-state index contributed by atoms with van der Waals surface area (Å²) in [5.74, 6) is 0. The van der Waals surface area contributed by atoms with E-state index in [0.717, 1.165) is 14.9 Å². The quantitative estimate of drug-likeness (QED) is 0.879. The number of nitrogens with one attached hydrogen (secondary N) is 1. The number of rotatable bonds is 4. The molecule has 3 N–H and O–H groups in total. The molecule has 0 aliphatic carbocycles. The van der Waals surface area contributed by atoms with Gasteiger partial charge in [0.2, 0.25) is 0 Å². The number of hydrogen-bond donors (Lipinski definition) is 2. The third kappa shape index (κ3) is 3.17. The van der Waals surface area contributed by atoms with Crippen molar-refractivity contribution in [2.24, 2.45) is 5.73 Å². The molecule has 19 heavy (non-hydrogen) atoms. The summed E-state index contributed by atoms with van der Waals surface area (Å²) in [7, 11) is -3.56. The van der Waals surface area contributed by atoms with Gasteiger partial charge in [-0.2, -0.15) is 0 Å². The van der Waals surface area contributed by atoms with Crippen LogP contribution < -0.4 is 10.5 Å². The highest BCUT2D eigenvalue weighted by Gasteiger charge is 2.17. The molecule has 0 unspecified atom stereocenters. The molecular formula is C12H13BrN2O2S2. The van der Waals surface area contributed by atoms with E-state index in [1.165, 1.54) is 11.3 Å². The van der Waals surface area contributed by atoms with Gasteiger partial charge >= 0.3 is 0 Å². The van der Waals surface area contributed by atoms with E-state index in [-0.39, 0.29) is 4.90 Å². The molecule has 0 saturated heterocycles. The highest BCUT2D eigenvalue weighted by Crippen LogP contribution is 2.27. The fraction of sp³-hybridized carbons (Fsp3) is 0.167. The molecule has 7 heteroatoms. The Balaban J connectivity index is 2.33. The number of benzene rings is 1. The summed E-state index contributed by atoms with van der Waals surface area (Å²) in [6.07, 6.45) is 0. The van der Waals surface area contributed by atoms with E-state index < -0.39 is 10.0 Å². The SMILES string of the molecule is Cc1c(Br)cccc1NS(=O)(=O)c1csc(CN)c1. The van der Waals surface area contributed by atoms with Gasteiger partial charge < -0.3 is 5.73 Å². The van der Waals surface area contributed by atoms with Gasteiger partial charge in [0.1, 0.15) is 0 Å². The lowest BCUT2D eigenvalue weighted by atomic mass is 10.2. The normalized spacial score (nSPS) is 11.5. The topological polar surface area (TPSA) is 72.2 Å². The lowest BCUT2D eigenvalue weighted by Gasteiger charge is -2.10. The smallest absolute Gasteiger partial charge is 0.262 e. The average Bonchev–Trinajstić information content (AvgIpc) is 2.84. The van der Waals surface area contributed by atoms with Gasteiger partial charge in [-0.25, -0.2) is 8.42 Å². The summed E-state index contributed by atoms with van der Waals surface area (Å²) in [5.41, 5.74) is 6.90. The maximum atomic E-state index is 12.2. The molecule has 0 aliphatic heterocycles. The van der Waals surface area contributed by atoms with Crippen molar-refractivity contribution in [3.05, 3.63) is 44.6 Å². The first-order valence-electron chi connectivity index (χ1n) is 5.49. The number of sulfonamides is 1. The van der Waals surface area contributed by atoms with Crippen LogP contribution in [0.25, 0.3) is 0 Å². The first-order valence-corrected chi connectivity index (χ1v) is 8.65. The van der Waals surface area contributed by atoms with Gasteiger partial charge in [0, 0.05) is 21.3 Å². The van der Waals surface area contributed by atoms with Gasteiger partial charge in [-0.15, -0.1) is 11.3 Å². The Kier molecular flexibility index (Phi) is 4.29. The van der Waals surface area contributed by atoms with E-state index in [4.69, 9.17) is 5.73 Å². The molecule has 2 aromatic rings. The van der Waals surface area contributed by atoms with E-state index >= 15 is 0 Å². The zero-order valence-corrected chi connectivity index (χ0v) is 13.4. The van der Waals surface area contributed by atoms with Gasteiger partial charge in [-0.3, -0.25) is 4.72 Å². The molecule has 0 radical (unpaired) electrons. The summed E-state index contributed by atoms with van der Waals surface area (Å²) in [6.45, 7) is 2.19. The van der Waals surface area contributed by atoms with Crippen LogP contribution in [0, 0.1) is 6.92 Å². The molecule has 0 fully saturated rings. The van der Waals surface area contributed by atoms with Crippen molar-refractivity contribution in [2.75, 3.05) is 4.72 Å². The van der Waals surface area contributed by atoms with Crippen molar-refractivity contribution in [2.45, 2.75) is 18.4 Å². The predicted octanol–water partition coefficient (Wildman–Crippen LogP) is 3.08. The van der Waals surface area contributed by atoms with Crippen molar-refractivity contribution >= 4 is 43.0 Å². The molecule has 0 aliphatic rings. The Labute approximate surface area is 124 Å². The zero-order chi connectivity index (χ0) is 14.0. The van der Waals surface area contributed by atoms with Gasteiger partial charge in [0.15, 0.2) is 0 Å². The minimum atomic E-state index is -3.56. The van der Waals surface area contributed by atoms with Gasteiger partial charge in [0.25, 0.3) is 10.0 Å². The second-order valence-electron chi connectivity index (χ2n) is 3.97. The molecule has 1 aromatic heterocycles. The fourth-order valence-electron chi connectivity index (χ4n) is 1.53. The van der Waals surface area contributed by atoms with Crippen LogP contribution in [-0.2, 0) is 16.6 Å². The van der Waals surface area contributed by atoms with Crippen LogP contribution in [0.4, 0.5) is 5.69 Å². The van der Waals surface area contributed by atoms with Crippen molar-refractivity contribution in [1.82, 2.24) is 0 Å². The van der Waals surface area contributed by atoms with Crippen LogP contribution in [0.5, 0.6) is 0 Å². The molecule has 4 nitrogen and oxygen atoms in total. The zero-order valence-electron chi connectivity index (χ0n) is 10.2. The number of anilines is 1. The van der Waals surface area contributed by atoms with Gasteiger partial charge in [-0.1, -0.05) is 22.0 Å². The summed E-state index contributed by atoms with van der Waals surface area (Å²) in [6, 6.07) is 6.98. The molecular weight excluding hydrogens is 348 g/mol. The Morgan fingerprint density at radius 3 is 2.79 bits per heavy atom. The molecule has 102 valence electrons. The highest BCUT2D eigenvalue weighted by molar-refractivity contribution is 9.10. The molecule has 0 amide bonds. The molecule has 1 aromatic carbocycles. The van der Waals surface area contributed by atoms with E-state index in [1.54, 1.807) is 23.6 Å². The van der Waals surface area contributed by atoms with E-state index in [2.05, 4.69) is 20.7 Å². The van der Waals surface area contributed by atoms with Gasteiger partial charge in [0.05, 0.1) is 10.6 Å². The minimum Gasteiger partial charge on any atom is -0.326 e. The predicted molar refractivity (Wildman–Crippen MR) is 81.9 cm³/mol. The number of nitrogens with two attached hydrogens (primary N) is 1. The monoisotopic (exact) mass is 360 g/mol. The van der Waals surface area contributed by atoms with Crippen LogP contribution >= 0.6 is 27.3 Å². The van der Waals surface area contributed by atoms with Crippen LogP contribution in [-0.4, -0.2) is 8.42 Å². The largest absolute Gasteiger partial charge is 0.326 e. The summed E-state index contributed by atoms with van der Waals surface area (Å²) in [5, 5.41) is 1.60. The number of thiophene rings is 1. The van der Waals surface area contributed by atoms with Crippen molar-refractivity contribution in [3.8, 4) is 0 Å². The Morgan fingerprint density at radius 2 is 2.16 bits per heavy atom. The minimum absolute atomic E-state index is 0.248. The Bertz CT molecular complexity index is 696. The number of halogens is 1. The molecule has 1 heterocycles. The summed E-state index contributed by atoms with van der Waals surface area (Å²) < 4.78 is 27.9. The molecule has 0 atom stereocenters. The van der Waals surface area contributed by atoms with Crippen LogP contribution in [0.15, 0.2) is 39.0 Å². The lowest BCUT2D eigenvalue weighted by Crippen LogP contribution is -2.13. The van der Waals surface area contributed by atoms with E-state index in [9.17, 15) is 8.42 Å². The van der Waals surface area contributed by atoms with Crippen LogP contribution in [0.1, 0.15) is 10.4 Å². The molecule has 0 saturated carbocycles. The van der Waals surface area contributed by atoms with E-state index in [0.29, 0.717) is 12.2 Å². The van der Waals surface area contributed by atoms with Crippen LogP contribution in [0.2, 0.25) is 0 Å². The third-order valence-corrected chi connectivity index (χ3v) is 5.97. The van der Waals surface area contributed by atoms with E-state index in [1.807, 2.05) is 13.0 Å². The van der Waals surface area contributed by atoms with Crippen LogP contribution in [0.3, 0.4) is 0 Å². The first kappa shape index (κ1) is 14.5. The number of hydrogen-bond acceptors (Lipinski definition) is 4. The van der Waals surface area contributed by atoms with Crippen molar-refractivity contribution < 1.29 is 8.42 Å².